The van der Waals surface area contributed by atoms with Crippen molar-refractivity contribution in [2.45, 2.75) is 0 Å². The summed E-state index contributed by atoms with van der Waals surface area (Å²) in [6.45, 7) is 14.6. The molecule has 78 valence electrons. The van der Waals surface area contributed by atoms with Gasteiger partial charge in [0, 0.05) is 54.5 Å². The first kappa shape index (κ1) is 19.4. The number of hydrogen-bond donors (Lipinski definition) is 0. The Labute approximate surface area is 100 Å². The van der Waals surface area contributed by atoms with Gasteiger partial charge in [0.2, 0.25) is 0 Å². The number of hydrogen-bond acceptors (Lipinski definition) is 0. The highest BCUT2D eigenvalue weighted by molar-refractivity contribution is 7.77. The van der Waals surface area contributed by atoms with Crippen LogP contribution in [0.25, 0.3) is 0 Å². The maximum atomic E-state index is 2.43. The fourth-order valence-electron chi connectivity index (χ4n) is 0.600. The van der Waals surface area contributed by atoms with Crippen LogP contribution in [0.1, 0.15) is 0 Å². The van der Waals surface area contributed by atoms with Gasteiger partial charge in [0.05, 0.1) is 12.3 Å². The normalized spacial score (nSPS) is 11.5. The van der Waals surface area contributed by atoms with E-state index in [1.807, 2.05) is 0 Å². The number of rotatable bonds is 3. The number of halogens is 2. The Kier molecular flexibility index (Phi) is 11.6. The quantitative estimate of drug-likeness (QED) is 0.475. The molecule has 0 aromatic heterocycles. The van der Waals surface area contributed by atoms with Gasteiger partial charge in [-0.1, -0.05) is 0 Å². The van der Waals surface area contributed by atoms with E-state index >= 15 is 0 Å². The molecule has 4 heteroatoms. The largest absolute Gasteiger partial charge is 1.00 e. The summed E-state index contributed by atoms with van der Waals surface area (Å²) in [6.07, 6.45) is 2.98. The molecule has 0 fully saturated rings. The third-order valence-electron chi connectivity index (χ3n) is 1.44. The molecule has 0 amide bonds. The van der Waals surface area contributed by atoms with Crippen molar-refractivity contribution in [3.8, 4) is 0 Å². The zero-order valence-corrected chi connectivity index (χ0v) is 14.0. The third-order valence-corrected chi connectivity index (χ3v) is 4.92. The summed E-state index contributed by atoms with van der Waals surface area (Å²) in [4.78, 5) is 0. The Bertz CT molecular complexity index is 88.6. The van der Waals surface area contributed by atoms with Gasteiger partial charge in [-0.15, -0.1) is 0 Å². The predicted octanol–water partition coefficient (Wildman–Crippen LogP) is -3.19. The van der Waals surface area contributed by atoms with Crippen molar-refractivity contribution < 1.29 is 34.0 Å². The molecule has 0 spiro atoms. The summed E-state index contributed by atoms with van der Waals surface area (Å²) >= 11 is 0. The fraction of sp³-hybridized carbons (Fsp3) is 1.00. The first-order valence-corrected chi connectivity index (χ1v) is 10.4. The maximum absolute atomic E-state index is 2.43. The molecule has 0 bridgehead atoms. The van der Waals surface area contributed by atoms with E-state index in [0.717, 1.165) is 0 Å². The van der Waals surface area contributed by atoms with Gasteiger partial charge < -0.3 is 34.0 Å². The summed E-state index contributed by atoms with van der Waals surface area (Å²) in [5.41, 5.74) is 0. The SMILES string of the molecule is C[P+](C)(C)CC[P+](C)(C)C.[Br-].[Br-]. The molecule has 0 nitrogen and oxygen atoms in total. The Hall–Kier alpha value is 1.82. The van der Waals surface area contributed by atoms with E-state index in [0.29, 0.717) is 0 Å². The second kappa shape index (κ2) is 7.16. The van der Waals surface area contributed by atoms with Crippen molar-refractivity contribution in [3.05, 3.63) is 0 Å². The van der Waals surface area contributed by atoms with Gasteiger partial charge >= 0.3 is 0 Å². The highest BCUT2D eigenvalue weighted by Gasteiger charge is 2.25. The van der Waals surface area contributed by atoms with Crippen molar-refractivity contribution in [2.24, 2.45) is 0 Å². The summed E-state index contributed by atoms with van der Waals surface area (Å²) in [6, 6.07) is 0. The van der Waals surface area contributed by atoms with Gasteiger partial charge in [-0.3, -0.25) is 0 Å². The maximum Gasteiger partial charge on any atom is 0.0920 e. The lowest BCUT2D eigenvalue weighted by Gasteiger charge is -2.15. The van der Waals surface area contributed by atoms with Gasteiger partial charge in [-0.25, -0.2) is 0 Å². The molecule has 12 heavy (non-hydrogen) atoms. The molecule has 0 aliphatic carbocycles. The average Bonchev–Trinajstić information content (AvgIpc) is 1.57. The molecule has 0 atom stereocenters. The summed E-state index contributed by atoms with van der Waals surface area (Å²) in [7, 11) is -0.969. The Balaban J connectivity index is -0.000000405. The molecule has 0 aliphatic rings. The fourth-order valence-corrected chi connectivity index (χ4v) is 5.40. The van der Waals surface area contributed by atoms with Crippen molar-refractivity contribution in [1.82, 2.24) is 0 Å². The van der Waals surface area contributed by atoms with Crippen molar-refractivity contribution in [3.63, 3.8) is 0 Å². The zero-order chi connectivity index (χ0) is 8.41. The first-order chi connectivity index (χ1) is 4.21. The van der Waals surface area contributed by atoms with Crippen LogP contribution < -0.4 is 34.0 Å². The van der Waals surface area contributed by atoms with Crippen LogP contribution in [0.2, 0.25) is 0 Å². The minimum absolute atomic E-state index is 0. The van der Waals surface area contributed by atoms with Crippen LogP contribution in [-0.2, 0) is 0 Å². The molecule has 0 aromatic rings. The second-order valence-corrected chi connectivity index (χ2v) is 15.1. The zero-order valence-electron chi connectivity index (χ0n) is 9.06. The van der Waals surface area contributed by atoms with Gasteiger partial charge in [-0.05, 0) is 0 Å². The molecular weight excluding hydrogens is 318 g/mol. The molecule has 0 saturated carbocycles. The van der Waals surface area contributed by atoms with Crippen LogP contribution in [0.4, 0.5) is 0 Å². The second-order valence-electron chi connectivity index (χ2n) is 5.03. The van der Waals surface area contributed by atoms with Crippen LogP contribution in [0.3, 0.4) is 0 Å². The average molecular weight is 340 g/mol. The Morgan fingerprint density at radius 2 is 0.750 bits per heavy atom. The monoisotopic (exact) mass is 338 g/mol. The molecule has 0 heterocycles. The van der Waals surface area contributed by atoms with Crippen LogP contribution in [0.15, 0.2) is 0 Å². The molecule has 0 aliphatic heterocycles. The van der Waals surface area contributed by atoms with Crippen LogP contribution in [-0.4, -0.2) is 52.3 Å². The van der Waals surface area contributed by atoms with Crippen molar-refractivity contribution >= 4 is 14.5 Å². The van der Waals surface area contributed by atoms with Crippen molar-refractivity contribution in [2.75, 3.05) is 52.3 Å². The van der Waals surface area contributed by atoms with Gasteiger partial charge in [0.25, 0.3) is 0 Å². The molecule has 0 radical (unpaired) electrons. The van der Waals surface area contributed by atoms with Crippen LogP contribution in [0.5, 0.6) is 0 Å². The first-order valence-electron chi connectivity index (χ1n) is 3.82. The van der Waals surface area contributed by atoms with Gasteiger partial charge in [0.1, 0.15) is 0 Å². The molecule has 0 unspecified atom stereocenters. The van der Waals surface area contributed by atoms with Crippen LogP contribution >= 0.6 is 14.5 Å². The lowest BCUT2D eigenvalue weighted by molar-refractivity contribution is -0.00100. The van der Waals surface area contributed by atoms with E-state index in [1.54, 1.807) is 0 Å². The van der Waals surface area contributed by atoms with E-state index < -0.39 is 14.5 Å². The summed E-state index contributed by atoms with van der Waals surface area (Å²) < 4.78 is 0. The van der Waals surface area contributed by atoms with E-state index in [2.05, 4.69) is 40.0 Å². The van der Waals surface area contributed by atoms with Crippen LogP contribution in [0, 0.1) is 0 Å². The third kappa shape index (κ3) is 17.8. The van der Waals surface area contributed by atoms with E-state index in [9.17, 15) is 0 Å². The lowest BCUT2D eigenvalue weighted by atomic mass is 11.0. The highest BCUT2D eigenvalue weighted by atomic mass is 79.9. The minimum atomic E-state index is -0.484. The lowest BCUT2D eigenvalue weighted by Crippen LogP contribution is -3.00. The molecule has 0 N–H and O–H groups in total. The molecule has 0 rings (SSSR count). The predicted molar refractivity (Wildman–Crippen MR) is 59.1 cm³/mol. The summed E-state index contributed by atoms with van der Waals surface area (Å²) in [5.74, 6) is 0. The molecular formula is C8H22Br2P2. The molecule has 0 saturated heterocycles. The van der Waals surface area contributed by atoms with E-state index in [-0.39, 0.29) is 34.0 Å². The van der Waals surface area contributed by atoms with E-state index in [1.165, 1.54) is 12.3 Å². The highest BCUT2D eigenvalue weighted by Crippen LogP contribution is 2.54. The minimum Gasteiger partial charge on any atom is -1.00 e. The smallest absolute Gasteiger partial charge is 0.0920 e. The van der Waals surface area contributed by atoms with E-state index in [4.69, 9.17) is 0 Å². The van der Waals surface area contributed by atoms with Crippen molar-refractivity contribution in [1.29, 1.82) is 0 Å². The summed E-state index contributed by atoms with van der Waals surface area (Å²) in [5, 5.41) is 0. The van der Waals surface area contributed by atoms with Gasteiger partial charge in [0.15, 0.2) is 0 Å². The Morgan fingerprint density at radius 1 is 0.583 bits per heavy atom. The Morgan fingerprint density at radius 3 is 0.833 bits per heavy atom. The topological polar surface area (TPSA) is 0 Å². The molecule has 0 aromatic carbocycles. The van der Waals surface area contributed by atoms with Gasteiger partial charge in [-0.2, -0.15) is 0 Å². The standard InChI is InChI=1S/C8H22P2.2BrH/c1-9(2,3)7-8-10(4,5)6;;/h7-8H2,1-6H3;2*1H/q+2;;/p-2.